The fourth-order valence-corrected chi connectivity index (χ4v) is 6.84. The van der Waals surface area contributed by atoms with Crippen LogP contribution in [-0.4, -0.2) is 79.7 Å². The van der Waals surface area contributed by atoms with E-state index in [4.69, 9.17) is 46.4 Å². The highest BCUT2D eigenvalue weighted by Crippen LogP contribution is 2.51. The number of nitrogens with zero attached hydrogens (tertiary/aromatic N) is 8. The van der Waals surface area contributed by atoms with Gasteiger partial charge in [0, 0.05) is 13.0 Å². The van der Waals surface area contributed by atoms with E-state index in [2.05, 4.69) is 35.2 Å². The standard InChI is InChI=1S/C18H21N9O8P2S2/c1-9-21-16-14(17(28)22-9)24-25-27(16)18-12-4-10(34-18)6-32-36(29,38)31-3-2-26-13(7-33-37(30,39)35-12)23-11-5-19-8-20-15(11)26/h5,8,10,12,18H,2-4,6-7H2,1H3,(H,29,38)(H,30,39)(H,21,22,28)/t10-,12+,18+,36?,37?/m0/s1. The van der Waals surface area contributed by atoms with Crippen LogP contribution in [0.3, 0.4) is 0 Å². The minimum absolute atomic E-state index is 0.00858. The Balaban J connectivity index is 1.35. The molecule has 6 rings (SSSR count). The van der Waals surface area contributed by atoms with Crippen molar-refractivity contribution in [3.05, 3.63) is 34.5 Å². The third kappa shape index (κ3) is 5.57. The van der Waals surface area contributed by atoms with Gasteiger partial charge in [0.15, 0.2) is 23.0 Å². The van der Waals surface area contributed by atoms with Crippen LogP contribution in [0.2, 0.25) is 0 Å². The van der Waals surface area contributed by atoms with Gasteiger partial charge in [-0.05, 0) is 30.5 Å². The van der Waals surface area contributed by atoms with Crippen LogP contribution in [0, 0.1) is 6.92 Å². The first-order valence-corrected chi connectivity index (χ1v) is 16.7. The highest BCUT2D eigenvalue weighted by molar-refractivity contribution is 8.07. The molecule has 2 aliphatic rings. The third-order valence-electron chi connectivity index (χ3n) is 5.95. The molecule has 1 saturated heterocycles. The zero-order valence-corrected chi connectivity index (χ0v) is 23.5. The lowest BCUT2D eigenvalue weighted by Gasteiger charge is -2.24. The monoisotopic (exact) mass is 617 g/mol. The molecule has 2 aliphatic heterocycles. The lowest BCUT2D eigenvalue weighted by molar-refractivity contribution is -0.0523. The van der Waals surface area contributed by atoms with Gasteiger partial charge in [0.25, 0.3) is 5.56 Å². The first-order chi connectivity index (χ1) is 18.6. The molecule has 0 spiro atoms. The fourth-order valence-electron chi connectivity index (χ4n) is 4.33. The molecule has 4 aromatic heterocycles. The largest absolute Gasteiger partial charge is 0.348 e. The molecule has 39 heavy (non-hydrogen) atoms. The zero-order chi connectivity index (χ0) is 27.4. The molecule has 3 N–H and O–H groups in total. The number of ether oxygens (including phenoxy) is 1. The summed E-state index contributed by atoms with van der Waals surface area (Å²) in [6, 6.07) is 0. The molecule has 6 heterocycles. The average Bonchev–Trinajstić information content (AvgIpc) is 3.56. The normalized spacial score (nSPS) is 30.7. The molecule has 0 amide bonds. The number of hydrogen-bond acceptors (Lipinski definition) is 14. The summed E-state index contributed by atoms with van der Waals surface area (Å²) in [6.07, 6.45) is 0.393. The Kier molecular flexibility index (Phi) is 7.18. The minimum Gasteiger partial charge on any atom is -0.348 e. The SMILES string of the molecule is Cc1nc2c(nnn2[C@@H]2O[C@@H]3COP(O)(=S)OCCn4c(nc5cncnc54)COP(O)(=S)O[C@@H]2C3)c(=O)[nH]1. The molecular formula is C18H21N9O8P2S2. The molecule has 0 aliphatic carbocycles. The number of imidazole rings is 1. The van der Waals surface area contributed by atoms with Crippen LogP contribution in [0.5, 0.6) is 0 Å². The third-order valence-corrected chi connectivity index (χ3v) is 9.13. The van der Waals surface area contributed by atoms with E-state index in [-0.39, 0.29) is 44.0 Å². The molecule has 0 aromatic carbocycles. The van der Waals surface area contributed by atoms with Crippen LogP contribution in [0.25, 0.3) is 22.3 Å². The Morgan fingerprint density at radius 2 is 2.00 bits per heavy atom. The first kappa shape index (κ1) is 27.0. The maximum atomic E-state index is 12.3. The summed E-state index contributed by atoms with van der Waals surface area (Å²) in [4.78, 5) is 53.5. The van der Waals surface area contributed by atoms with Crippen LogP contribution < -0.4 is 5.56 Å². The smallest absolute Gasteiger partial charge is 0.325 e. The zero-order valence-electron chi connectivity index (χ0n) is 20.1. The number of rotatable bonds is 1. The van der Waals surface area contributed by atoms with Crippen molar-refractivity contribution >= 4 is 59.4 Å². The quantitative estimate of drug-likeness (QED) is 0.246. The van der Waals surface area contributed by atoms with Crippen molar-refractivity contribution in [3.8, 4) is 0 Å². The number of H-pyrrole nitrogens is 1. The maximum absolute atomic E-state index is 12.3. The number of hydrogen-bond donors (Lipinski definition) is 3. The number of nitrogens with one attached hydrogen (secondary N) is 1. The molecule has 2 unspecified atom stereocenters. The molecule has 0 radical (unpaired) electrons. The Morgan fingerprint density at radius 1 is 1.15 bits per heavy atom. The Labute approximate surface area is 229 Å². The van der Waals surface area contributed by atoms with Gasteiger partial charge in [-0.15, -0.1) is 5.10 Å². The van der Waals surface area contributed by atoms with Crippen LogP contribution in [0.1, 0.15) is 24.3 Å². The number of aromatic nitrogens is 9. The van der Waals surface area contributed by atoms with E-state index in [0.717, 1.165) is 0 Å². The van der Waals surface area contributed by atoms with Gasteiger partial charge in [-0.1, -0.05) is 5.21 Å². The Bertz CT molecular complexity index is 1710. The second kappa shape index (κ2) is 10.4. The van der Waals surface area contributed by atoms with E-state index in [1.807, 2.05) is 0 Å². The van der Waals surface area contributed by atoms with Crippen molar-refractivity contribution in [1.82, 2.24) is 44.5 Å². The molecule has 4 aromatic rings. The highest BCUT2D eigenvalue weighted by Gasteiger charge is 2.43. The van der Waals surface area contributed by atoms with E-state index in [0.29, 0.717) is 22.8 Å². The molecule has 5 atom stereocenters. The summed E-state index contributed by atoms with van der Waals surface area (Å²) in [5, 5.41) is 7.95. The molecule has 17 nitrogen and oxygen atoms in total. The molecular weight excluding hydrogens is 596 g/mol. The predicted octanol–water partition coefficient (Wildman–Crippen LogP) is 0.333. The van der Waals surface area contributed by atoms with Crippen molar-refractivity contribution in [2.45, 2.75) is 44.9 Å². The van der Waals surface area contributed by atoms with E-state index >= 15 is 0 Å². The fraction of sp³-hybridized carbons (Fsp3) is 0.500. The summed E-state index contributed by atoms with van der Waals surface area (Å²) in [7, 11) is 0. The van der Waals surface area contributed by atoms with Crippen molar-refractivity contribution in [2.75, 3.05) is 13.2 Å². The van der Waals surface area contributed by atoms with Gasteiger partial charge >= 0.3 is 13.4 Å². The predicted molar refractivity (Wildman–Crippen MR) is 139 cm³/mol. The topological polar surface area (TPSA) is 207 Å². The first-order valence-electron chi connectivity index (χ1n) is 11.5. The second-order valence-corrected chi connectivity index (χ2v) is 14.3. The molecule has 0 saturated carbocycles. The number of fused-ring (bicyclic) bond motifs is 6. The molecule has 2 bridgehead atoms. The van der Waals surface area contributed by atoms with Gasteiger partial charge in [0.1, 0.15) is 36.2 Å². The summed E-state index contributed by atoms with van der Waals surface area (Å²) in [5.41, 5.74) is 0.621. The molecule has 1 fully saturated rings. The molecule has 208 valence electrons. The molecule has 21 heteroatoms. The number of aromatic amines is 1. The highest BCUT2D eigenvalue weighted by atomic mass is 32.5. The van der Waals surface area contributed by atoms with E-state index in [1.54, 1.807) is 11.5 Å². The average molecular weight is 618 g/mol. The summed E-state index contributed by atoms with van der Waals surface area (Å²) >= 11 is 10.5. The van der Waals surface area contributed by atoms with E-state index < -0.39 is 37.4 Å². The van der Waals surface area contributed by atoms with Gasteiger partial charge in [0.05, 0.1) is 25.5 Å². The maximum Gasteiger partial charge on any atom is 0.325 e. The summed E-state index contributed by atoms with van der Waals surface area (Å²) in [5.74, 6) is 0.698. The Hall–Kier alpha value is -2.15. The van der Waals surface area contributed by atoms with E-state index in [1.165, 1.54) is 17.2 Å². The number of aryl methyl sites for hydroxylation is 1. The van der Waals surface area contributed by atoms with Crippen molar-refractivity contribution in [1.29, 1.82) is 0 Å². The van der Waals surface area contributed by atoms with Gasteiger partial charge in [0.2, 0.25) is 0 Å². The van der Waals surface area contributed by atoms with Gasteiger partial charge in [-0.3, -0.25) is 4.79 Å². The van der Waals surface area contributed by atoms with Crippen LogP contribution in [-0.2, 0) is 59.6 Å². The van der Waals surface area contributed by atoms with Crippen molar-refractivity contribution in [2.24, 2.45) is 0 Å². The lowest BCUT2D eigenvalue weighted by atomic mass is 10.2. The van der Waals surface area contributed by atoms with Gasteiger partial charge in [-0.2, -0.15) is 4.68 Å². The van der Waals surface area contributed by atoms with Gasteiger partial charge < -0.3 is 42.2 Å². The van der Waals surface area contributed by atoms with Crippen LogP contribution in [0.4, 0.5) is 0 Å². The van der Waals surface area contributed by atoms with Crippen LogP contribution >= 0.6 is 13.4 Å². The summed E-state index contributed by atoms with van der Waals surface area (Å²) in [6.45, 7) is -6.15. The van der Waals surface area contributed by atoms with Crippen molar-refractivity contribution in [3.63, 3.8) is 0 Å². The lowest BCUT2D eigenvalue weighted by Crippen LogP contribution is -2.24. The van der Waals surface area contributed by atoms with Crippen LogP contribution in [0.15, 0.2) is 17.3 Å². The Morgan fingerprint density at radius 3 is 2.85 bits per heavy atom. The van der Waals surface area contributed by atoms with E-state index in [9.17, 15) is 14.6 Å². The van der Waals surface area contributed by atoms with Gasteiger partial charge in [-0.25, -0.2) is 19.9 Å². The summed E-state index contributed by atoms with van der Waals surface area (Å²) < 4.78 is 31.6. The van der Waals surface area contributed by atoms with Crippen molar-refractivity contribution < 1.29 is 32.6 Å². The second-order valence-electron chi connectivity index (χ2n) is 8.64. The minimum atomic E-state index is -3.88.